The summed E-state index contributed by atoms with van der Waals surface area (Å²) in [5.41, 5.74) is 5.10. The van der Waals surface area contributed by atoms with Crippen molar-refractivity contribution in [1.82, 2.24) is 0 Å². The summed E-state index contributed by atoms with van der Waals surface area (Å²) >= 11 is 0. The Kier molecular flexibility index (Phi) is 27.5. The summed E-state index contributed by atoms with van der Waals surface area (Å²) in [6.07, 6.45) is 7.46. The number of aliphatic hydroxyl groups excluding tert-OH is 1. The van der Waals surface area contributed by atoms with Crippen LogP contribution in [0.25, 0.3) is 0 Å². The molecule has 0 unspecified atom stereocenters. The van der Waals surface area contributed by atoms with E-state index in [0.717, 1.165) is 6.42 Å². The number of allylic oxidation sites excluding steroid dienone is 3. The number of rotatable bonds is 7. The third kappa shape index (κ3) is 19.4. The highest BCUT2D eigenvalue weighted by Crippen LogP contribution is 2.16. The molecule has 0 heterocycles. The molecule has 27 heavy (non-hydrogen) atoms. The molecule has 0 aromatic rings. The van der Waals surface area contributed by atoms with Gasteiger partial charge in [0.05, 0.1) is 0 Å². The molecule has 0 aliphatic heterocycles. The van der Waals surface area contributed by atoms with Gasteiger partial charge in [0.2, 0.25) is 5.90 Å². The van der Waals surface area contributed by atoms with Crippen LogP contribution in [0.3, 0.4) is 0 Å². The zero-order valence-corrected chi connectivity index (χ0v) is 18.3. The summed E-state index contributed by atoms with van der Waals surface area (Å²) in [5, 5.41) is 24.0. The van der Waals surface area contributed by atoms with Crippen LogP contribution in [0.1, 0.15) is 61.8 Å². The molecule has 6 heteroatoms. The minimum atomic E-state index is -0.625. The molecular formula is C21H39N3O3. The van der Waals surface area contributed by atoms with E-state index < -0.39 is 11.9 Å². The summed E-state index contributed by atoms with van der Waals surface area (Å²) < 4.78 is 10.1. The SMILES string of the molecule is C=C(/C=C(/OC(/C=C\CC)=C/C)C(=C)O)C(=N)OC(=N)N.CC.CC.CC. The van der Waals surface area contributed by atoms with Gasteiger partial charge in [-0.25, -0.2) is 0 Å². The van der Waals surface area contributed by atoms with Crippen LogP contribution < -0.4 is 5.73 Å². The van der Waals surface area contributed by atoms with E-state index in [4.69, 9.17) is 21.3 Å². The predicted octanol–water partition coefficient (Wildman–Crippen LogP) is 6.35. The van der Waals surface area contributed by atoms with Gasteiger partial charge in [-0.2, -0.15) is 0 Å². The zero-order chi connectivity index (χ0) is 22.4. The molecule has 0 bridgehead atoms. The lowest BCUT2D eigenvalue weighted by atomic mass is 10.2. The van der Waals surface area contributed by atoms with Gasteiger partial charge in [0, 0.05) is 5.57 Å². The molecule has 0 spiro atoms. The van der Waals surface area contributed by atoms with E-state index in [9.17, 15) is 5.11 Å². The van der Waals surface area contributed by atoms with Gasteiger partial charge >= 0.3 is 0 Å². The van der Waals surface area contributed by atoms with Crippen molar-refractivity contribution in [2.24, 2.45) is 5.73 Å². The van der Waals surface area contributed by atoms with Crippen molar-refractivity contribution in [3.63, 3.8) is 0 Å². The van der Waals surface area contributed by atoms with Crippen LogP contribution in [-0.4, -0.2) is 17.0 Å². The molecule has 0 saturated carbocycles. The van der Waals surface area contributed by atoms with Crippen LogP contribution in [-0.2, 0) is 9.47 Å². The smallest absolute Gasteiger partial charge is 0.285 e. The summed E-state index contributed by atoms with van der Waals surface area (Å²) in [6, 6.07) is -0.625. The van der Waals surface area contributed by atoms with Crippen molar-refractivity contribution in [2.75, 3.05) is 0 Å². The molecule has 0 saturated heterocycles. The summed E-state index contributed by atoms with van der Waals surface area (Å²) in [4.78, 5) is 0. The average molecular weight is 382 g/mol. The minimum Gasteiger partial charge on any atom is -0.505 e. The Morgan fingerprint density at radius 2 is 1.52 bits per heavy atom. The van der Waals surface area contributed by atoms with E-state index in [0.29, 0.717) is 5.76 Å². The Hall–Kier alpha value is -2.76. The van der Waals surface area contributed by atoms with Crippen molar-refractivity contribution in [1.29, 1.82) is 10.8 Å². The van der Waals surface area contributed by atoms with Crippen molar-refractivity contribution < 1.29 is 14.6 Å². The molecule has 0 aliphatic carbocycles. The standard InChI is InChI=1S/C15H21N3O3.3C2H6/c1-5-7-8-12(6-2)20-13(11(4)19)9-10(3)14(16)21-15(17)18;3*1-2/h6-9,16,19H,3-5H2,1-2H3,(H3,17,18);3*1-2H3/b8-7-,12-6+,13-9+,16-14?;;;. The van der Waals surface area contributed by atoms with Crippen LogP contribution in [0.2, 0.25) is 0 Å². The van der Waals surface area contributed by atoms with E-state index in [-0.39, 0.29) is 17.1 Å². The first-order valence-electron chi connectivity index (χ1n) is 9.22. The molecule has 0 radical (unpaired) electrons. The number of amidine groups is 1. The molecule has 6 nitrogen and oxygen atoms in total. The van der Waals surface area contributed by atoms with Gasteiger partial charge < -0.3 is 20.3 Å². The maximum Gasteiger partial charge on any atom is 0.285 e. The van der Waals surface area contributed by atoms with E-state index >= 15 is 0 Å². The fourth-order valence-corrected chi connectivity index (χ4v) is 1.12. The number of hydrogen-bond acceptors (Lipinski definition) is 5. The highest BCUT2D eigenvalue weighted by molar-refractivity contribution is 5.99. The third-order valence-corrected chi connectivity index (χ3v) is 2.12. The molecule has 0 atom stereocenters. The normalized spacial score (nSPS) is 10.1. The fraction of sp³-hybridized carbons (Fsp3) is 0.429. The average Bonchev–Trinajstić information content (AvgIpc) is 2.68. The van der Waals surface area contributed by atoms with Crippen molar-refractivity contribution in [3.05, 3.63) is 60.3 Å². The largest absolute Gasteiger partial charge is 0.505 e. The Balaban J connectivity index is -0.000000397. The van der Waals surface area contributed by atoms with Crippen molar-refractivity contribution in [3.8, 4) is 0 Å². The molecule has 0 aromatic heterocycles. The fourth-order valence-electron chi connectivity index (χ4n) is 1.12. The summed E-state index contributed by atoms with van der Waals surface area (Å²) in [7, 11) is 0. The number of ether oxygens (including phenoxy) is 2. The number of nitrogens with two attached hydrogens (primary N) is 1. The summed E-state index contributed by atoms with van der Waals surface area (Å²) in [6.45, 7) is 22.7. The molecule has 0 rings (SSSR count). The van der Waals surface area contributed by atoms with Gasteiger partial charge in [-0.05, 0) is 31.6 Å². The molecule has 0 aliphatic rings. The van der Waals surface area contributed by atoms with Gasteiger partial charge in [0.1, 0.15) is 5.76 Å². The summed E-state index contributed by atoms with van der Waals surface area (Å²) in [5.74, 6) is -0.220. The van der Waals surface area contributed by atoms with Gasteiger partial charge in [-0.15, -0.1) is 0 Å². The number of nitrogens with one attached hydrogen (secondary N) is 2. The Bertz CT molecular complexity index is 531. The van der Waals surface area contributed by atoms with Crippen LogP contribution in [0.4, 0.5) is 0 Å². The van der Waals surface area contributed by atoms with Crippen LogP contribution in [0.5, 0.6) is 0 Å². The Morgan fingerprint density at radius 1 is 1.04 bits per heavy atom. The molecule has 156 valence electrons. The minimum absolute atomic E-state index is 0.0192. The quantitative estimate of drug-likeness (QED) is 0.178. The van der Waals surface area contributed by atoms with E-state index in [1.165, 1.54) is 6.08 Å². The predicted molar refractivity (Wildman–Crippen MR) is 118 cm³/mol. The van der Waals surface area contributed by atoms with Crippen molar-refractivity contribution in [2.45, 2.75) is 61.8 Å². The van der Waals surface area contributed by atoms with Gasteiger partial charge in [0.15, 0.2) is 11.5 Å². The maximum atomic E-state index is 9.54. The number of aliphatic hydroxyl groups is 1. The third-order valence-electron chi connectivity index (χ3n) is 2.12. The van der Waals surface area contributed by atoms with Crippen LogP contribution in [0, 0.1) is 10.8 Å². The van der Waals surface area contributed by atoms with E-state index in [1.807, 2.05) is 54.5 Å². The monoisotopic (exact) mass is 381 g/mol. The van der Waals surface area contributed by atoms with Gasteiger partial charge in [-0.1, -0.05) is 67.7 Å². The number of hydrogen-bond donors (Lipinski definition) is 4. The molecule has 0 aromatic carbocycles. The zero-order valence-electron chi connectivity index (χ0n) is 18.3. The topological polar surface area (TPSA) is 112 Å². The van der Waals surface area contributed by atoms with Crippen molar-refractivity contribution >= 4 is 11.9 Å². The molecular weight excluding hydrogens is 342 g/mol. The lowest BCUT2D eigenvalue weighted by Gasteiger charge is -2.11. The lowest BCUT2D eigenvalue weighted by molar-refractivity contribution is 0.277. The van der Waals surface area contributed by atoms with Gasteiger partial charge in [-0.3, -0.25) is 10.8 Å². The highest BCUT2D eigenvalue weighted by atomic mass is 16.5. The maximum absolute atomic E-state index is 9.54. The van der Waals surface area contributed by atoms with Gasteiger partial charge in [0.25, 0.3) is 6.02 Å². The first kappa shape index (κ1) is 32.0. The molecule has 5 N–H and O–H groups in total. The van der Waals surface area contributed by atoms with E-state index in [2.05, 4.69) is 17.9 Å². The first-order chi connectivity index (χ1) is 12.8. The Morgan fingerprint density at radius 3 is 1.85 bits per heavy atom. The second-order valence-corrected chi connectivity index (χ2v) is 3.88. The highest BCUT2D eigenvalue weighted by Gasteiger charge is 2.10. The van der Waals surface area contributed by atoms with E-state index in [1.54, 1.807) is 19.1 Å². The second kappa shape index (κ2) is 23.2. The molecule has 0 amide bonds. The Labute approximate surface area is 165 Å². The second-order valence-electron chi connectivity index (χ2n) is 3.88. The van der Waals surface area contributed by atoms with Crippen LogP contribution in [0.15, 0.2) is 60.3 Å². The lowest BCUT2D eigenvalue weighted by Crippen LogP contribution is -2.19. The van der Waals surface area contributed by atoms with Crippen LogP contribution >= 0.6 is 0 Å². The first-order valence-corrected chi connectivity index (χ1v) is 9.22. The molecule has 0 fully saturated rings.